The lowest BCUT2D eigenvalue weighted by molar-refractivity contribution is -0.869. The van der Waals surface area contributed by atoms with Gasteiger partial charge < -0.3 is 19.9 Å². The molecule has 1 unspecified atom stereocenters. The van der Waals surface area contributed by atoms with Crippen LogP contribution in [-0.2, 0) is 16.1 Å². The molecule has 6 nitrogen and oxygen atoms in total. The summed E-state index contributed by atoms with van der Waals surface area (Å²) in [6.07, 6.45) is -0.647. The van der Waals surface area contributed by atoms with E-state index in [-0.39, 0.29) is 18.3 Å². The van der Waals surface area contributed by atoms with Gasteiger partial charge >= 0.3 is 6.09 Å². The lowest BCUT2D eigenvalue weighted by Crippen LogP contribution is -2.50. The van der Waals surface area contributed by atoms with Crippen molar-refractivity contribution in [3.8, 4) is 0 Å². The van der Waals surface area contributed by atoms with Gasteiger partial charge in [0.05, 0.1) is 34.2 Å². The Kier molecular flexibility index (Phi) is 8.58. The second-order valence-corrected chi connectivity index (χ2v) is 7.57. The molecule has 0 aliphatic carbocycles. The molecule has 0 aromatic heterocycles. The number of alkyl carbamates (subject to hydrolysis) is 1. The van der Waals surface area contributed by atoms with Gasteiger partial charge in [-0.3, -0.25) is 4.79 Å². The number of carbonyl (C=O) groups is 2. The smallest absolute Gasteiger partial charge is 0.408 e. The summed E-state index contributed by atoms with van der Waals surface area (Å²) in [7, 11) is 6.12. The predicted molar refractivity (Wildman–Crippen MR) is 101 cm³/mol. The molecule has 0 saturated heterocycles. The topological polar surface area (TPSA) is 67.4 Å². The van der Waals surface area contributed by atoms with Gasteiger partial charge in [-0.2, -0.15) is 12.6 Å². The van der Waals surface area contributed by atoms with Crippen LogP contribution in [0.2, 0.25) is 0 Å². The van der Waals surface area contributed by atoms with E-state index < -0.39 is 12.1 Å². The molecule has 134 valence electrons. The van der Waals surface area contributed by atoms with Crippen LogP contribution in [0.15, 0.2) is 28.7 Å². The van der Waals surface area contributed by atoms with Crippen molar-refractivity contribution in [1.29, 1.82) is 0 Å². The normalized spacial score (nSPS) is 12.4. The molecule has 0 fully saturated rings. The van der Waals surface area contributed by atoms with Gasteiger partial charge in [-0.1, -0.05) is 34.1 Å². The molecule has 0 spiro atoms. The zero-order valence-corrected chi connectivity index (χ0v) is 16.7. The first kappa shape index (κ1) is 20.8. The van der Waals surface area contributed by atoms with Crippen LogP contribution in [0.25, 0.3) is 0 Å². The van der Waals surface area contributed by atoms with Gasteiger partial charge in [0.15, 0.2) is 0 Å². The van der Waals surface area contributed by atoms with Crippen LogP contribution < -0.4 is 10.6 Å². The molecule has 1 rings (SSSR count). The second kappa shape index (κ2) is 9.90. The van der Waals surface area contributed by atoms with Crippen LogP contribution in [-0.4, -0.2) is 62.5 Å². The molecule has 0 heterocycles. The number of ether oxygens (including phenoxy) is 1. The first-order valence-corrected chi connectivity index (χ1v) is 9.01. The molecular weight excluding hydrogens is 394 g/mol. The van der Waals surface area contributed by atoms with Crippen molar-refractivity contribution in [2.24, 2.45) is 0 Å². The summed E-state index contributed by atoms with van der Waals surface area (Å²) in [5.74, 6) is -0.0725. The van der Waals surface area contributed by atoms with E-state index in [1.54, 1.807) is 0 Å². The third-order valence-corrected chi connectivity index (χ3v) is 4.33. The van der Waals surface area contributed by atoms with E-state index in [1.807, 2.05) is 45.4 Å². The van der Waals surface area contributed by atoms with Crippen molar-refractivity contribution >= 4 is 40.6 Å². The molecule has 0 bridgehead atoms. The number of likely N-dealkylation sites (N-methyl/N-ethyl adjacent to an activating group) is 1. The second-order valence-electron chi connectivity index (χ2n) is 6.35. The summed E-state index contributed by atoms with van der Waals surface area (Å²) >= 11 is 7.51. The largest absolute Gasteiger partial charge is 0.445 e. The summed E-state index contributed by atoms with van der Waals surface area (Å²) in [6.45, 7) is 1.44. The van der Waals surface area contributed by atoms with Crippen molar-refractivity contribution in [1.82, 2.24) is 10.6 Å². The number of thiol groups is 1. The molecule has 1 aromatic carbocycles. The number of halogens is 1. The lowest BCUT2D eigenvalue weighted by Gasteiger charge is -2.24. The SMILES string of the molecule is C[N+](C)(C)CCNC(=O)C(CS)NC(=O)OCc1ccccc1Br. The quantitative estimate of drug-likeness (QED) is 0.445. The van der Waals surface area contributed by atoms with Crippen LogP contribution in [0.4, 0.5) is 4.79 Å². The highest BCUT2D eigenvalue weighted by Crippen LogP contribution is 2.16. The number of carbonyl (C=O) groups excluding carboxylic acids is 2. The molecule has 1 aromatic rings. The maximum Gasteiger partial charge on any atom is 0.408 e. The summed E-state index contributed by atoms with van der Waals surface area (Å²) in [5, 5.41) is 5.33. The van der Waals surface area contributed by atoms with Crippen molar-refractivity contribution in [3.05, 3.63) is 34.3 Å². The summed E-state index contributed by atoms with van der Waals surface area (Å²) in [4.78, 5) is 23.9. The minimum atomic E-state index is -0.729. The molecule has 8 heteroatoms. The zero-order valence-electron chi connectivity index (χ0n) is 14.2. The fourth-order valence-electron chi connectivity index (χ4n) is 1.77. The Hall–Kier alpha value is -1.25. The van der Waals surface area contributed by atoms with Gasteiger partial charge in [0, 0.05) is 15.8 Å². The van der Waals surface area contributed by atoms with E-state index in [2.05, 4.69) is 39.2 Å². The lowest BCUT2D eigenvalue weighted by atomic mass is 10.2. The highest BCUT2D eigenvalue weighted by atomic mass is 79.9. The predicted octanol–water partition coefficient (Wildman–Crippen LogP) is 1.80. The average Bonchev–Trinajstić information content (AvgIpc) is 2.50. The molecule has 24 heavy (non-hydrogen) atoms. The van der Waals surface area contributed by atoms with Crippen LogP contribution in [0.3, 0.4) is 0 Å². The summed E-state index contributed by atoms with van der Waals surface area (Å²) in [5.41, 5.74) is 0.850. The van der Waals surface area contributed by atoms with Crippen molar-refractivity contribution in [2.45, 2.75) is 12.6 Å². The molecule has 0 radical (unpaired) electrons. The van der Waals surface area contributed by atoms with Gasteiger partial charge in [-0.25, -0.2) is 4.79 Å². The Balaban J connectivity index is 2.42. The minimum Gasteiger partial charge on any atom is -0.445 e. The number of hydrogen-bond acceptors (Lipinski definition) is 4. The molecule has 0 saturated carbocycles. The first-order valence-electron chi connectivity index (χ1n) is 7.58. The maximum atomic E-state index is 12.1. The van der Waals surface area contributed by atoms with E-state index >= 15 is 0 Å². The molecule has 2 N–H and O–H groups in total. The van der Waals surface area contributed by atoms with E-state index in [1.165, 1.54) is 0 Å². The number of rotatable bonds is 8. The Bertz CT molecular complexity index is 564. The number of nitrogens with zero attached hydrogens (tertiary/aromatic N) is 1. The monoisotopic (exact) mass is 418 g/mol. The Morgan fingerprint density at radius 3 is 2.54 bits per heavy atom. The number of quaternary nitrogens is 1. The third-order valence-electron chi connectivity index (χ3n) is 3.19. The van der Waals surface area contributed by atoms with E-state index in [0.29, 0.717) is 6.54 Å². The number of nitrogens with one attached hydrogen (secondary N) is 2. The van der Waals surface area contributed by atoms with Crippen LogP contribution in [0.5, 0.6) is 0 Å². The first-order chi connectivity index (χ1) is 11.2. The van der Waals surface area contributed by atoms with Crippen molar-refractivity contribution < 1.29 is 18.8 Å². The van der Waals surface area contributed by atoms with Crippen LogP contribution >= 0.6 is 28.6 Å². The molecule has 0 aliphatic heterocycles. The van der Waals surface area contributed by atoms with Crippen molar-refractivity contribution in [2.75, 3.05) is 40.0 Å². The number of benzene rings is 1. The Morgan fingerprint density at radius 1 is 1.29 bits per heavy atom. The number of amides is 2. The fraction of sp³-hybridized carbons (Fsp3) is 0.500. The van der Waals surface area contributed by atoms with Crippen LogP contribution in [0.1, 0.15) is 5.56 Å². The van der Waals surface area contributed by atoms with Gasteiger partial charge in [0.25, 0.3) is 0 Å². The Labute approximate surface area is 157 Å². The van der Waals surface area contributed by atoms with E-state index in [0.717, 1.165) is 21.1 Å². The minimum absolute atomic E-state index is 0.121. The highest BCUT2D eigenvalue weighted by molar-refractivity contribution is 9.10. The maximum absolute atomic E-state index is 12.1. The Morgan fingerprint density at radius 2 is 1.96 bits per heavy atom. The molecular formula is C16H25BrN3O3S+. The standard InChI is InChI=1S/C16H24BrN3O3S/c1-20(2,3)9-8-18-15(21)14(11-24)19-16(22)23-10-12-6-4-5-7-13(12)17/h4-7,14H,8-11H2,1-3H3,(H2-,18,19,21,22,24)/p+1. The molecule has 1 atom stereocenters. The van der Waals surface area contributed by atoms with Gasteiger partial charge in [-0.15, -0.1) is 0 Å². The van der Waals surface area contributed by atoms with E-state index in [9.17, 15) is 9.59 Å². The zero-order chi connectivity index (χ0) is 18.2. The van der Waals surface area contributed by atoms with E-state index in [4.69, 9.17) is 4.74 Å². The van der Waals surface area contributed by atoms with Gasteiger partial charge in [-0.05, 0) is 6.07 Å². The molecule has 0 aliphatic rings. The summed E-state index contributed by atoms with van der Waals surface area (Å²) in [6, 6.07) is 6.73. The van der Waals surface area contributed by atoms with Crippen molar-refractivity contribution in [3.63, 3.8) is 0 Å². The van der Waals surface area contributed by atoms with Crippen LogP contribution in [0, 0.1) is 0 Å². The van der Waals surface area contributed by atoms with Gasteiger partial charge in [0.2, 0.25) is 5.91 Å². The van der Waals surface area contributed by atoms with Gasteiger partial charge in [0.1, 0.15) is 12.6 Å². The fourth-order valence-corrected chi connectivity index (χ4v) is 2.43. The number of hydrogen-bond donors (Lipinski definition) is 3. The molecule has 2 amide bonds. The average molecular weight is 419 g/mol. The summed E-state index contributed by atoms with van der Waals surface area (Å²) < 4.78 is 6.76. The highest BCUT2D eigenvalue weighted by Gasteiger charge is 2.20. The third kappa shape index (κ3) is 8.03.